The lowest BCUT2D eigenvalue weighted by atomic mass is 9.95. The smallest absolute Gasteiger partial charge is 0.152 e. The summed E-state index contributed by atoms with van der Waals surface area (Å²) in [5.74, 6) is -0.755. The van der Waals surface area contributed by atoms with Gasteiger partial charge in [-0.15, -0.1) is 0 Å². The van der Waals surface area contributed by atoms with Gasteiger partial charge in [0.1, 0.15) is 0 Å². The van der Waals surface area contributed by atoms with E-state index < -0.39 is 5.92 Å². The highest BCUT2D eigenvalue weighted by Crippen LogP contribution is 2.23. The lowest BCUT2D eigenvalue weighted by Gasteiger charge is -2.20. The van der Waals surface area contributed by atoms with Crippen molar-refractivity contribution in [3.63, 3.8) is 0 Å². The molecule has 2 aromatic rings. The molecule has 0 aliphatic heterocycles. The Balaban J connectivity index is 2.19. The molecule has 0 radical (unpaired) electrons. The van der Waals surface area contributed by atoms with E-state index in [9.17, 15) is 10.5 Å². The zero-order valence-corrected chi connectivity index (χ0v) is 12.1. The van der Waals surface area contributed by atoms with Crippen molar-refractivity contribution >= 4 is 11.6 Å². The highest BCUT2D eigenvalue weighted by molar-refractivity contribution is 6.30. The quantitative estimate of drug-likeness (QED) is 0.912. The van der Waals surface area contributed by atoms with Crippen LogP contribution >= 0.6 is 11.6 Å². The molecule has 21 heavy (non-hydrogen) atoms. The molecule has 0 bridgehead atoms. The zero-order valence-electron chi connectivity index (χ0n) is 11.3. The Morgan fingerprint density at radius 1 is 0.952 bits per heavy atom. The molecule has 0 spiro atoms. The molecule has 3 nitrogen and oxygen atoms in total. The maximum absolute atomic E-state index is 9.17. The van der Waals surface area contributed by atoms with Crippen LogP contribution in [0.25, 0.3) is 0 Å². The van der Waals surface area contributed by atoms with Gasteiger partial charge in [0.05, 0.1) is 18.2 Å². The van der Waals surface area contributed by atoms with Gasteiger partial charge in [0.2, 0.25) is 0 Å². The van der Waals surface area contributed by atoms with Crippen LogP contribution in [0.4, 0.5) is 0 Å². The molecule has 1 N–H and O–H groups in total. The fraction of sp³-hybridized carbons (Fsp3) is 0.176. The van der Waals surface area contributed by atoms with E-state index in [1.165, 1.54) is 0 Å². The van der Waals surface area contributed by atoms with Gasteiger partial charge in [-0.1, -0.05) is 54.1 Å². The van der Waals surface area contributed by atoms with E-state index in [-0.39, 0.29) is 6.04 Å². The minimum absolute atomic E-state index is 0.350. The summed E-state index contributed by atoms with van der Waals surface area (Å²) >= 11 is 5.89. The first-order valence-corrected chi connectivity index (χ1v) is 6.94. The van der Waals surface area contributed by atoms with Crippen LogP contribution in [0.15, 0.2) is 54.6 Å². The van der Waals surface area contributed by atoms with Crippen molar-refractivity contribution in [2.75, 3.05) is 0 Å². The van der Waals surface area contributed by atoms with Crippen LogP contribution in [0.3, 0.4) is 0 Å². The van der Waals surface area contributed by atoms with Crippen LogP contribution in [0.1, 0.15) is 17.2 Å². The summed E-state index contributed by atoms with van der Waals surface area (Å²) in [6.07, 6.45) is 0. The third-order valence-corrected chi connectivity index (χ3v) is 3.46. The molecule has 0 aromatic heterocycles. The third-order valence-electron chi connectivity index (χ3n) is 3.21. The van der Waals surface area contributed by atoms with Crippen molar-refractivity contribution < 1.29 is 0 Å². The topological polar surface area (TPSA) is 59.6 Å². The second-order valence-electron chi connectivity index (χ2n) is 4.63. The van der Waals surface area contributed by atoms with E-state index in [4.69, 9.17) is 11.6 Å². The predicted molar refractivity (Wildman–Crippen MR) is 82.2 cm³/mol. The maximum atomic E-state index is 9.17. The number of halogens is 1. The molecular weight excluding hydrogens is 282 g/mol. The molecule has 1 unspecified atom stereocenters. The van der Waals surface area contributed by atoms with Crippen molar-refractivity contribution in [2.24, 2.45) is 5.92 Å². The van der Waals surface area contributed by atoms with Gasteiger partial charge in [-0.05, 0) is 23.3 Å². The highest BCUT2D eigenvalue weighted by Gasteiger charge is 2.22. The summed E-state index contributed by atoms with van der Waals surface area (Å²) in [6, 6.07) is 20.8. The normalized spacial score (nSPS) is 11.6. The SMILES string of the molecule is N#CC(C#N)C(NCc1ccccc1)c1ccc(Cl)cc1. The molecule has 0 fully saturated rings. The Bertz CT molecular complexity index is 639. The first-order chi connectivity index (χ1) is 10.2. The lowest BCUT2D eigenvalue weighted by molar-refractivity contribution is 0.485. The van der Waals surface area contributed by atoms with E-state index in [1.807, 2.05) is 54.6 Å². The first kappa shape index (κ1) is 15.1. The number of nitrogens with zero attached hydrogens (tertiary/aromatic N) is 2. The van der Waals surface area contributed by atoms with Gasteiger partial charge < -0.3 is 5.32 Å². The van der Waals surface area contributed by atoms with Gasteiger partial charge in [0.15, 0.2) is 5.92 Å². The van der Waals surface area contributed by atoms with E-state index in [0.717, 1.165) is 11.1 Å². The van der Waals surface area contributed by atoms with Crippen LogP contribution in [-0.4, -0.2) is 0 Å². The van der Waals surface area contributed by atoms with Gasteiger partial charge in [-0.25, -0.2) is 0 Å². The number of hydrogen-bond acceptors (Lipinski definition) is 3. The molecule has 2 aromatic carbocycles. The average molecular weight is 296 g/mol. The monoisotopic (exact) mass is 295 g/mol. The second-order valence-corrected chi connectivity index (χ2v) is 5.07. The summed E-state index contributed by atoms with van der Waals surface area (Å²) in [5, 5.41) is 22.3. The van der Waals surface area contributed by atoms with E-state index in [0.29, 0.717) is 11.6 Å². The molecule has 0 saturated carbocycles. The average Bonchev–Trinajstić information content (AvgIpc) is 2.53. The first-order valence-electron chi connectivity index (χ1n) is 6.56. The standard InChI is InChI=1S/C17H14ClN3/c18-16-8-6-14(7-9-16)17(15(10-19)11-20)21-12-13-4-2-1-3-5-13/h1-9,15,17,21H,12H2. The lowest BCUT2D eigenvalue weighted by Crippen LogP contribution is -2.26. The number of benzene rings is 2. The molecule has 4 heteroatoms. The predicted octanol–water partition coefficient (Wildman–Crippen LogP) is 3.83. The molecule has 1 atom stereocenters. The molecular formula is C17H14ClN3. The van der Waals surface area contributed by atoms with Gasteiger partial charge in [-0.2, -0.15) is 10.5 Å². The van der Waals surface area contributed by atoms with Gasteiger partial charge in [-0.3, -0.25) is 0 Å². The van der Waals surface area contributed by atoms with Crippen LogP contribution < -0.4 is 5.32 Å². The van der Waals surface area contributed by atoms with Crippen LogP contribution in [0.2, 0.25) is 5.02 Å². The Labute approximate surface area is 129 Å². The van der Waals surface area contributed by atoms with Gasteiger partial charge in [0.25, 0.3) is 0 Å². The molecule has 0 amide bonds. The van der Waals surface area contributed by atoms with Gasteiger partial charge >= 0.3 is 0 Å². The fourth-order valence-corrected chi connectivity index (χ4v) is 2.23. The Hall–Kier alpha value is -2.33. The second kappa shape index (κ2) is 7.45. The van der Waals surface area contributed by atoms with Crippen molar-refractivity contribution in [3.05, 3.63) is 70.7 Å². The van der Waals surface area contributed by atoms with E-state index >= 15 is 0 Å². The third kappa shape index (κ3) is 4.07. The number of rotatable bonds is 5. The van der Waals surface area contributed by atoms with Crippen LogP contribution in [-0.2, 0) is 6.54 Å². The zero-order chi connectivity index (χ0) is 15.1. The highest BCUT2D eigenvalue weighted by atomic mass is 35.5. The summed E-state index contributed by atoms with van der Waals surface area (Å²) in [5.41, 5.74) is 1.98. The number of nitriles is 2. The summed E-state index contributed by atoms with van der Waals surface area (Å²) < 4.78 is 0. The number of hydrogen-bond donors (Lipinski definition) is 1. The minimum atomic E-state index is -0.755. The van der Waals surface area contributed by atoms with Crippen molar-refractivity contribution in [2.45, 2.75) is 12.6 Å². The maximum Gasteiger partial charge on any atom is 0.152 e. The number of nitrogens with one attached hydrogen (secondary N) is 1. The Morgan fingerprint density at radius 3 is 2.14 bits per heavy atom. The molecule has 0 saturated heterocycles. The van der Waals surface area contributed by atoms with Crippen molar-refractivity contribution in [1.82, 2.24) is 5.32 Å². The Morgan fingerprint density at radius 2 is 1.57 bits per heavy atom. The van der Waals surface area contributed by atoms with Crippen molar-refractivity contribution in [1.29, 1.82) is 10.5 Å². The van der Waals surface area contributed by atoms with E-state index in [2.05, 4.69) is 5.32 Å². The van der Waals surface area contributed by atoms with E-state index in [1.54, 1.807) is 12.1 Å². The summed E-state index contributed by atoms with van der Waals surface area (Å²) in [6.45, 7) is 0.591. The van der Waals surface area contributed by atoms with Gasteiger partial charge in [0, 0.05) is 11.6 Å². The molecule has 104 valence electrons. The molecule has 2 rings (SSSR count). The minimum Gasteiger partial charge on any atom is -0.304 e. The summed E-state index contributed by atoms with van der Waals surface area (Å²) in [4.78, 5) is 0. The largest absolute Gasteiger partial charge is 0.304 e. The summed E-state index contributed by atoms with van der Waals surface area (Å²) in [7, 11) is 0. The van der Waals surface area contributed by atoms with Crippen LogP contribution in [0, 0.1) is 28.6 Å². The molecule has 0 heterocycles. The molecule has 0 aliphatic carbocycles. The molecule has 0 aliphatic rings. The van der Waals surface area contributed by atoms with Crippen LogP contribution in [0.5, 0.6) is 0 Å². The fourth-order valence-electron chi connectivity index (χ4n) is 2.10. The van der Waals surface area contributed by atoms with Crippen molar-refractivity contribution in [3.8, 4) is 12.1 Å². The Kier molecular flexibility index (Phi) is 5.35.